The highest BCUT2D eigenvalue weighted by Gasteiger charge is 2.30. The Morgan fingerprint density at radius 3 is 2.83 bits per heavy atom. The van der Waals surface area contributed by atoms with Gasteiger partial charge < -0.3 is 10.2 Å². The van der Waals surface area contributed by atoms with E-state index in [-0.39, 0.29) is 17.7 Å². The Morgan fingerprint density at radius 2 is 1.97 bits per heavy atom. The van der Waals surface area contributed by atoms with Crippen molar-refractivity contribution < 1.29 is 9.59 Å². The zero-order chi connectivity index (χ0) is 20.9. The van der Waals surface area contributed by atoms with E-state index in [1.54, 1.807) is 6.20 Å². The number of carbonyl (C=O) groups is 2. The first-order valence-electron chi connectivity index (χ1n) is 10.8. The van der Waals surface area contributed by atoms with Gasteiger partial charge in [-0.3, -0.25) is 9.59 Å². The third-order valence-electron chi connectivity index (χ3n) is 5.79. The molecular formula is C24H28N4O2. The fourth-order valence-corrected chi connectivity index (χ4v) is 4.11. The van der Waals surface area contributed by atoms with Crippen LogP contribution in [-0.2, 0) is 11.3 Å². The van der Waals surface area contributed by atoms with Crippen molar-refractivity contribution in [2.75, 3.05) is 18.4 Å². The van der Waals surface area contributed by atoms with Crippen molar-refractivity contribution >= 4 is 28.4 Å². The molecule has 0 aliphatic carbocycles. The van der Waals surface area contributed by atoms with Crippen LogP contribution in [0.25, 0.3) is 10.8 Å². The normalized spacial score (nSPS) is 16.6. The number of nitrogens with zero attached hydrogens (tertiary/aromatic N) is 3. The van der Waals surface area contributed by atoms with Gasteiger partial charge in [0.25, 0.3) is 5.91 Å². The number of aryl methyl sites for hydroxylation is 1. The first-order valence-corrected chi connectivity index (χ1v) is 10.8. The van der Waals surface area contributed by atoms with Gasteiger partial charge in [0.2, 0.25) is 5.91 Å². The smallest absolute Gasteiger partial charge is 0.254 e. The molecule has 1 aliphatic heterocycles. The van der Waals surface area contributed by atoms with Crippen molar-refractivity contribution in [2.45, 2.75) is 39.2 Å². The van der Waals surface area contributed by atoms with Crippen LogP contribution in [0.1, 0.15) is 43.0 Å². The summed E-state index contributed by atoms with van der Waals surface area (Å²) in [6, 6.07) is 15.6. The minimum absolute atomic E-state index is 0.00251. The molecule has 3 aromatic rings. The quantitative estimate of drug-likeness (QED) is 0.665. The molecule has 1 aliphatic rings. The van der Waals surface area contributed by atoms with Gasteiger partial charge in [-0.2, -0.15) is 5.10 Å². The SMILES string of the molecule is CCCCn1nccc1NC(=O)C1CCCN(C(=O)c2cccc3ccccc23)C1. The second-order valence-corrected chi connectivity index (χ2v) is 7.90. The highest BCUT2D eigenvalue weighted by molar-refractivity contribution is 6.07. The maximum absolute atomic E-state index is 13.3. The fourth-order valence-electron chi connectivity index (χ4n) is 4.11. The highest BCUT2D eigenvalue weighted by Crippen LogP contribution is 2.24. The number of fused-ring (bicyclic) bond motifs is 1. The van der Waals surface area contributed by atoms with Crippen LogP contribution in [0.4, 0.5) is 5.82 Å². The van der Waals surface area contributed by atoms with E-state index in [0.717, 1.165) is 48.8 Å². The van der Waals surface area contributed by atoms with Crippen molar-refractivity contribution in [1.82, 2.24) is 14.7 Å². The summed E-state index contributed by atoms with van der Waals surface area (Å²) in [6.45, 7) is 4.04. The highest BCUT2D eigenvalue weighted by atomic mass is 16.2. The van der Waals surface area contributed by atoms with Gasteiger partial charge in [0.1, 0.15) is 5.82 Å². The van der Waals surface area contributed by atoms with Gasteiger partial charge in [0.05, 0.1) is 12.1 Å². The van der Waals surface area contributed by atoms with Crippen LogP contribution in [-0.4, -0.2) is 39.6 Å². The summed E-state index contributed by atoms with van der Waals surface area (Å²) in [7, 11) is 0. The maximum Gasteiger partial charge on any atom is 0.254 e. The molecular weight excluding hydrogens is 376 g/mol. The largest absolute Gasteiger partial charge is 0.338 e. The van der Waals surface area contributed by atoms with Gasteiger partial charge in [-0.1, -0.05) is 49.7 Å². The second kappa shape index (κ2) is 9.11. The molecule has 4 rings (SSSR count). The predicted octanol–water partition coefficient (Wildman–Crippen LogP) is 4.33. The van der Waals surface area contributed by atoms with Gasteiger partial charge in [-0.15, -0.1) is 0 Å². The van der Waals surface area contributed by atoms with E-state index in [1.807, 2.05) is 58.1 Å². The molecule has 0 bridgehead atoms. The fraction of sp³-hybridized carbons (Fsp3) is 0.375. The van der Waals surface area contributed by atoms with Crippen LogP contribution in [0.3, 0.4) is 0 Å². The molecule has 1 fully saturated rings. The molecule has 1 N–H and O–H groups in total. The number of unbranched alkanes of at least 4 members (excludes halogenated alkanes) is 1. The summed E-state index contributed by atoms with van der Waals surface area (Å²) < 4.78 is 1.84. The van der Waals surface area contributed by atoms with E-state index in [1.165, 1.54) is 0 Å². The topological polar surface area (TPSA) is 67.2 Å². The number of carbonyl (C=O) groups excluding carboxylic acids is 2. The van der Waals surface area contributed by atoms with Gasteiger partial charge in [0, 0.05) is 31.3 Å². The molecule has 1 unspecified atom stereocenters. The van der Waals surface area contributed by atoms with Crippen molar-refractivity contribution in [3.05, 3.63) is 60.3 Å². The zero-order valence-electron chi connectivity index (χ0n) is 17.4. The molecule has 0 spiro atoms. The van der Waals surface area contributed by atoms with Crippen LogP contribution < -0.4 is 5.32 Å². The van der Waals surface area contributed by atoms with Crippen LogP contribution in [0.5, 0.6) is 0 Å². The number of aromatic nitrogens is 2. The lowest BCUT2D eigenvalue weighted by molar-refractivity contribution is -0.121. The molecule has 2 heterocycles. The number of likely N-dealkylation sites (tertiary alicyclic amines) is 1. The summed E-state index contributed by atoms with van der Waals surface area (Å²) in [5.41, 5.74) is 0.701. The third kappa shape index (κ3) is 4.22. The lowest BCUT2D eigenvalue weighted by atomic mass is 9.95. The molecule has 2 amide bonds. The van der Waals surface area contributed by atoms with E-state index in [4.69, 9.17) is 0 Å². The average Bonchev–Trinajstić information content (AvgIpc) is 3.23. The van der Waals surface area contributed by atoms with E-state index in [9.17, 15) is 9.59 Å². The Balaban J connectivity index is 1.46. The number of benzene rings is 2. The number of nitrogens with one attached hydrogen (secondary N) is 1. The number of hydrogen-bond acceptors (Lipinski definition) is 3. The average molecular weight is 405 g/mol. The molecule has 1 saturated heterocycles. The Bertz CT molecular complexity index is 1040. The predicted molar refractivity (Wildman–Crippen MR) is 118 cm³/mol. The summed E-state index contributed by atoms with van der Waals surface area (Å²) >= 11 is 0. The van der Waals surface area contributed by atoms with Crippen LogP contribution in [0.15, 0.2) is 54.7 Å². The van der Waals surface area contributed by atoms with Gasteiger partial charge in [-0.25, -0.2) is 4.68 Å². The summed E-state index contributed by atoms with van der Waals surface area (Å²) in [5, 5.41) is 9.33. The first-order chi connectivity index (χ1) is 14.7. The summed E-state index contributed by atoms with van der Waals surface area (Å²) in [6.07, 6.45) is 5.41. The summed E-state index contributed by atoms with van der Waals surface area (Å²) in [5.74, 6) is 0.471. The Hall–Kier alpha value is -3.15. The molecule has 156 valence electrons. The zero-order valence-corrected chi connectivity index (χ0v) is 17.4. The van der Waals surface area contributed by atoms with Gasteiger partial charge in [-0.05, 0) is 36.1 Å². The molecule has 2 aromatic carbocycles. The molecule has 6 nitrogen and oxygen atoms in total. The monoisotopic (exact) mass is 404 g/mol. The number of amides is 2. The number of piperidine rings is 1. The van der Waals surface area contributed by atoms with Gasteiger partial charge in [0.15, 0.2) is 0 Å². The Kier molecular flexibility index (Phi) is 6.12. The molecule has 6 heteroatoms. The minimum Gasteiger partial charge on any atom is -0.338 e. The molecule has 1 atom stereocenters. The van der Waals surface area contributed by atoms with E-state index in [0.29, 0.717) is 18.7 Å². The lowest BCUT2D eigenvalue weighted by Gasteiger charge is -2.32. The van der Waals surface area contributed by atoms with Crippen molar-refractivity contribution in [1.29, 1.82) is 0 Å². The lowest BCUT2D eigenvalue weighted by Crippen LogP contribution is -2.44. The van der Waals surface area contributed by atoms with Crippen LogP contribution in [0, 0.1) is 5.92 Å². The number of hydrogen-bond donors (Lipinski definition) is 1. The molecule has 1 aromatic heterocycles. The second-order valence-electron chi connectivity index (χ2n) is 7.90. The minimum atomic E-state index is -0.216. The van der Waals surface area contributed by atoms with E-state index in [2.05, 4.69) is 17.3 Å². The molecule has 0 radical (unpaired) electrons. The van der Waals surface area contributed by atoms with E-state index < -0.39 is 0 Å². The standard InChI is InChI=1S/C24H28N4O2/c1-2-3-16-28-22(13-14-25-28)26-23(29)19-10-7-15-27(17-19)24(30)21-12-6-9-18-8-4-5-11-20(18)21/h4-6,8-9,11-14,19H,2-3,7,10,15-17H2,1H3,(H,26,29). The molecule has 0 saturated carbocycles. The third-order valence-corrected chi connectivity index (χ3v) is 5.79. The maximum atomic E-state index is 13.3. The van der Waals surface area contributed by atoms with Crippen molar-refractivity contribution in [3.8, 4) is 0 Å². The van der Waals surface area contributed by atoms with Crippen molar-refractivity contribution in [2.24, 2.45) is 5.92 Å². The Labute approximate surface area is 176 Å². The summed E-state index contributed by atoms with van der Waals surface area (Å²) in [4.78, 5) is 28.0. The number of rotatable bonds is 6. The number of anilines is 1. The van der Waals surface area contributed by atoms with E-state index >= 15 is 0 Å². The van der Waals surface area contributed by atoms with Gasteiger partial charge >= 0.3 is 0 Å². The van der Waals surface area contributed by atoms with Crippen LogP contribution >= 0.6 is 0 Å². The molecule has 30 heavy (non-hydrogen) atoms. The van der Waals surface area contributed by atoms with Crippen molar-refractivity contribution in [3.63, 3.8) is 0 Å². The first kappa shape index (κ1) is 20.1. The van der Waals surface area contributed by atoms with Crippen LogP contribution in [0.2, 0.25) is 0 Å². The Morgan fingerprint density at radius 1 is 1.13 bits per heavy atom.